The summed E-state index contributed by atoms with van der Waals surface area (Å²) in [4.78, 5) is 2.51. The van der Waals surface area contributed by atoms with Gasteiger partial charge in [-0.05, 0) is 66.5 Å². The molecule has 3 nitrogen and oxygen atoms in total. The summed E-state index contributed by atoms with van der Waals surface area (Å²) in [6, 6.07) is 13.6. The van der Waals surface area contributed by atoms with Gasteiger partial charge in [-0.3, -0.25) is 0 Å². The highest BCUT2D eigenvalue weighted by molar-refractivity contribution is 6.35. The topological polar surface area (TPSA) is 32.7 Å². The molecule has 1 saturated heterocycles. The number of ether oxygens (including phenoxy) is 1. The number of aliphatic hydroxyl groups is 1. The van der Waals surface area contributed by atoms with Gasteiger partial charge in [0, 0.05) is 29.7 Å². The molecule has 1 aliphatic carbocycles. The number of hydrogen-bond acceptors (Lipinski definition) is 3. The summed E-state index contributed by atoms with van der Waals surface area (Å²) in [5.74, 6) is 1.89. The minimum atomic E-state index is -0.727. The van der Waals surface area contributed by atoms with Crippen molar-refractivity contribution in [3.8, 4) is 5.75 Å². The molecule has 1 N–H and O–H groups in total. The molecule has 0 amide bonds. The van der Waals surface area contributed by atoms with E-state index >= 15 is 0 Å². The Morgan fingerprint density at radius 1 is 1.11 bits per heavy atom. The van der Waals surface area contributed by atoms with Gasteiger partial charge in [0.05, 0.1) is 12.7 Å². The number of benzene rings is 2. The number of fused-ring (bicyclic) bond motifs is 1. The van der Waals surface area contributed by atoms with E-state index in [1.165, 1.54) is 0 Å². The van der Waals surface area contributed by atoms with Crippen molar-refractivity contribution in [2.45, 2.75) is 24.9 Å². The lowest BCUT2D eigenvalue weighted by Crippen LogP contribution is -2.29. The van der Waals surface area contributed by atoms with E-state index in [0.29, 0.717) is 16.9 Å². The minimum absolute atomic E-state index is 0.543. The molecular formula is C22H25Cl2NO2. The third-order valence-electron chi connectivity index (χ3n) is 6.17. The third-order valence-corrected chi connectivity index (χ3v) is 6.76. The van der Waals surface area contributed by atoms with Crippen LogP contribution >= 0.6 is 23.2 Å². The number of methoxy groups -OCH3 is 1. The zero-order valence-corrected chi connectivity index (χ0v) is 17.0. The number of likely N-dealkylation sites (tertiary alicyclic amines) is 1. The molecule has 2 aromatic rings. The first-order chi connectivity index (χ1) is 13.0. The number of hydrogen-bond donors (Lipinski definition) is 1. The predicted octanol–water partition coefficient (Wildman–Crippen LogP) is 4.77. The van der Waals surface area contributed by atoms with Gasteiger partial charge in [0.15, 0.2) is 0 Å². The largest absolute Gasteiger partial charge is 0.497 e. The van der Waals surface area contributed by atoms with Crippen LogP contribution in [0.3, 0.4) is 0 Å². The lowest BCUT2D eigenvalue weighted by molar-refractivity contribution is 0.0312. The lowest BCUT2D eigenvalue weighted by Gasteiger charge is -2.27. The molecule has 3 atom stereocenters. The number of halogens is 2. The quantitative estimate of drug-likeness (QED) is 0.776. The first-order valence-electron chi connectivity index (χ1n) is 9.50. The van der Waals surface area contributed by atoms with E-state index in [2.05, 4.69) is 4.90 Å². The normalized spacial score (nSPS) is 27.7. The SMILES string of the molecule is COc1cccc([C@]2(O)C[C@H]3CN(CCc4ccc(Cl)cc4Cl)C[C@H]3C2)c1. The van der Waals surface area contributed by atoms with Crippen molar-refractivity contribution in [2.24, 2.45) is 11.8 Å². The molecule has 0 bridgehead atoms. The van der Waals surface area contributed by atoms with E-state index in [1.807, 2.05) is 42.5 Å². The van der Waals surface area contributed by atoms with E-state index < -0.39 is 5.60 Å². The zero-order valence-electron chi connectivity index (χ0n) is 15.5. The van der Waals surface area contributed by atoms with Crippen LogP contribution in [0.25, 0.3) is 0 Å². The fourth-order valence-corrected chi connectivity index (χ4v) is 5.29. The number of rotatable bonds is 5. The summed E-state index contributed by atoms with van der Waals surface area (Å²) >= 11 is 12.3. The summed E-state index contributed by atoms with van der Waals surface area (Å²) < 4.78 is 5.32. The smallest absolute Gasteiger partial charge is 0.119 e. The van der Waals surface area contributed by atoms with Crippen molar-refractivity contribution in [1.29, 1.82) is 0 Å². The molecule has 1 aliphatic heterocycles. The summed E-state index contributed by atoms with van der Waals surface area (Å²) in [6.07, 6.45) is 2.57. The molecule has 2 fully saturated rings. The number of nitrogens with zero attached hydrogens (tertiary/aromatic N) is 1. The Kier molecular flexibility index (Phi) is 5.39. The first kappa shape index (κ1) is 19.1. The lowest BCUT2D eigenvalue weighted by atomic mass is 9.90. The van der Waals surface area contributed by atoms with E-state index in [-0.39, 0.29) is 0 Å². The standard InChI is InChI=1S/C22H25Cl2NO2/c1-27-20-4-2-3-18(9-20)22(26)11-16-13-25(14-17(16)12-22)8-7-15-5-6-19(23)10-21(15)24/h2-6,9-10,16-17,26H,7-8,11-14H2,1H3/t16-,17+,22-. The van der Waals surface area contributed by atoms with Gasteiger partial charge in [-0.2, -0.15) is 0 Å². The summed E-state index contributed by atoms with van der Waals surface area (Å²) in [5.41, 5.74) is 1.40. The Morgan fingerprint density at radius 3 is 2.52 bits per heavy atom. The predicted molar refractivity (Wildman–Crippen MR) is 110 cm³/mol. The Bertz CT molecular complexity index is 812. The minimum Gasteiger partial charge on any atom is -0.497 e. The maximum Gasteiger partial charge on any atom is 0.119 e. The van der Waals surface area contributed by atoms with Crippen LogP contribution in [0.15, 0.2) is 42.5 Å². The molecule has 0 unspecified atom stereocenters. The molecule has 5 heteroatoms. The maximum atomic E-state index is 11.2. The van der Waals surface area contributed by atoms with Gasteiger partial charge in [0.2, 0.25) is 0 Å². The highest BCUT2D eigenvalue weighted by Crippen LogP contribution is 2.49. The van der Waals surface area contributed by atoms with Crippen molar-refractivity contribution in [3.05, 3.63) is 63.6 Å². The Morgan fingerprint density at radius 2 is 1.85 bits per heavy atom. The molecular weight excluding hydrogens is 381 g/mol. The molecule has 4 rings (SSSR count). The van der Waals surface area contributed by atoms with Crippen LogP contribution in [0.2, 0.25) is 10.0 Å². The van der Waals surface area contributed by atoms with E-state index in [4.69, 9.17) is 27.9 Å². The highest BCUT2D eigenvalue weighted by atomic mass is 35.5. The summed E-state index contributed by atoms with van der Waals surface area (Å²) in [5, 5.41) is 12.7. The fourth-order valence-electron chi connectivity index (χ4n) is 4.78. The second-order valence-electron chi connectivity index (χ2n) is 7.94. The zero-order chi connectivity index (χ0) is 19.0. The van der Waals surface area contributed by atoms with Gasteiger partial charge in [-0.15, -0.1) is 0 Å². The molecule has 0 spiro atoms. The van der Waals surface area contributed by atoms with Crippen LogP contribution in [0.4, 0.5) is 0 Å². The molecule has 1 saturated carbocycles. The summed E-state index contributed by atoms with van der Waals surface area (Å²) in [6.45, 7) is 3.08. The Labute approximate surface area is 170 Å². The van der Waals surface area contributed by atoms with Crippen molar-refractivity contribution in [1.82, 2.24) is 4.90 Å². The fraction of sp³-hybridized carbons (Fsp3) is 0.455. The molecule has 1 heterocycles. The average Bonchev–Trinajstić information content (AvgIpc) is 3.16. The van der Waals surface area contributed by atoms with Crippen LogP contribution in [0, 0.1) is 11.8 Å². The van der Waals surface area contributed by atoms with Crippen LogP contribution < -0.4 is 4.74 Å². The van der Waals surface area contributed by atoms with Crippen LogP contribution in [0.1, 0.15) is 24.0 Å². The highest BCUT2D eigenvalue weighted by Gasteiger charge is 2.48. The van der Waals surface area contributed by atoms with Gasteiger partial charge in [-0.1, -0.05) is 41.4 Å². The van der Waals surface area contributed by atoms with Crippen LogP contribution in [-0.4, -0.2) is 36.8 Å². The van der Waals surface area contributed by atoms with Gasteiger partial charge >= 0.3 is 0 Å². The van der Waals surface area contributed by atoms with Crippen molar-refractivity contribution >= 4 is 23.2 Å². The Hall–Kier alpha value is -1.26. The Balaban J connectivity index is 1.36. The monoisotopic (exact) mass is 405 g/mol. The molecule has 2 aliphatic rings. The van der Waals surface area contributed by atoms with Crippen LogP contribution in [-0.2, 0) is 12.0 Å². The van der Waals surface area contributed by atoms with E-state index in [9.17, 15) is 5.11 Å². The van der Waals surface area contributed by atoms with Gasteiger partial charge in [0.25, 0.3) is 0 Å². The molecule has 27 heavy (non-hydrogen) atoms. The third kappa shape index (κ3) is 3.97. The second kappa shape index (κ2) is 7.63. The molecule has 2 aromatic carbocycles. The van der Waals surface area contributed by atoms with Gasteiger partial charge in [0.1, 0.15) is 5.75 Å². The molecule has 144 valence electrons. The van der Waals surface area contributed by atoms with Gasteiger partial charge in [-0.25, -0.2) is 0 Å². The first-order valence-corrected chi connectivity index (χ1v) is 10.3. The van der Waals surface area contributed by atoms with Crippen molar-refractivity contribution in [3.63, 3.8) is 0 Å². The molecule has 0 aromatic heterocycles. The van der Waals surface area contributed by atoms with Crippen molar-refractivity contribution in [2.75, 3.05) is 26.7 Å². The van der Waals surface area contributed by atoms with Gasteiger partial charge < -0.3 is 14.7 Å². The maximum absolute atomic E-state index is 11.2. The second-order valence-corrected chi connectivity index (χ2v) is 8.78. The molecule has 0 radical (unpaired) electrons. The van der Waals surface area contributed by atoms with E-state index in [0.717, 1.165) is 60.8 Å². The van der Waals surface area contributed by atoms with E-state index in [1.54, 1.807) is 7.11 Å². The van der Waals surface area contributed by atoms with Crippen molar-refractivity contribution < 1.29 is 9.84 Å². The average molecular weight is 406 g/mol. The summed E-state index contributed by atoms with van der Waals surface area (Å²) in [7, 11) is 1.66. The van der Waals surface area contributed by atoms with Crippen LogP contribution in [0.5, 0.6) is 5.75 Å².